The number of ether oxygens (including phenoxy) is 1. The Bertz CT molecular complexity index is 148. The summed E-state index contributed by atoms with van der Waals surface area (Å²) in [7, 11) is 0. The molecule has 0 aromatic rings. The third-order valence-corrected chi connectivity index (χ3v) is 1.81. The van der Waals surface area contributed by atoms with E-state index in [1.54, 1.807) is 0 Å². The standard InChI is InChI=1S/C7H11NOS/c1-2-9-7-3-6(4-7)8-5-10/h6-7H,2-4H2,1H3. The molecule has 0 unspecified atom stereocenters. The molecule has 0 heterocycles. The predicted molar refractivity (Wildman–Crippen MR) is 43.5 cm³/mol. The van der Waals surface area contributed by atoms with E-state index in [0.29, 0.717) is 12.1 Å². The van der Waals surface area contributed by atoms with Crippen molar-refractivity contribution >= 4 is 17.4 Å². The molecule has 10 heavy (non-hydrogen) atoms. The second-order valence-electron chi connectivity index (χ2n) is 2.42. The van der Waals surface area contributed by atoms with Crippen molar-refractivity contribution in [1.82, 2.24) is 0 Å². The Labute approximate surface area is 66.3 Å². The average molecular weight is 157 g/mol. The van der Waals surface area contributed by atoms with Gasteiger partial charge in [-0.1, -0.05) is 0 Å². The Hall–Kier alpha value is -0.240. The van der Waals surface area contributed by atoms with Gasteiger partial charge in [-0.25, -0.2) is 4.99 Å². The zero-order valence-electron chi connectivity index (χ0n) is 6.04. The lowest BCUT2D eigenvalue weighted by Crippen LogP contribution is -2.34. The van der Waals surface area contributed by atoms with E-state index < -0.39 is 0 Å². The van der Waals surface area contributed by atoms with Crippen molar-refractivity contribution in [1.29, 1.82) is 0 Å². The van der Waals surface area contributed by atoms with E-state index in [2.05, 4.69) is 22.4 Å². The van der Waals surface area contributed by atoms with Crippen LogP contribution in [0.15, 0.2) is 4.99 Å². The zero-order chi connectivity index (χ0) is 7.40. The molecule has 0 radical (unpaired) electrons. The van der Waals surface area contributed by atoms with Gasteiger partial charge in [-0.2, -0.15) is 0 Å². The Kier molecular flexibility index (Phi) is 3.00. The molecule has 0 atom stereocenters. The van der Waals surface area contributed by atoms with Crippen LogP contribution in [0.2, 0.25) is 0 Å². The van der Waals surface area contributed by atoms with Crippen molar-refractivity contribution in [2.75, 3.05) is 6.61 Å². The minimum absolute atomic E-state index is 0.397. The summed E-state index contributed by atoms with van der Waals surface area (Å²) in [4.78, 5) is 3.95. The van der Waals surface area contributed by atoms with Gasteiger partial charge in [0.25, 0.3) is 0 Å². The lowest BCUT2D eigenvalue weighted by molar-refractivity contribution is -0.000518. The largest absolute Gasteiger partial charge is 0.378 e. The number of nitrogens with zero attached hydrogens (tertiary/aromatic N) is 1. The lowest BCUT2D eigenvalue weighted by atomic mass is 9.90. The van der Waals surface area contributed by atoms with Crippen LogP contribution in [0.5, 0.6) is 0 Å². The van der Waals surface area contributed by atoms with E-state index >= 15 is 0 Å². The van der Waals surface area contributed by atoms with E-state index in [4.69, 9.17) is 4.74 Å². The number of rotatable bonds is 3. The molecule has 0 amide bonds. The number of isothiocyanates is 1. The summed E-state index contributed by atoms with van der Waals surface area (Å²) in [6.07, 6.45) is 2.48. The molecule has 1 rings (SSSR count). The maximum absolute atomic E-state index is 5.33. The van der Waals surface area contributed by atoms with Crippen LogP contribution in [0.25, 0.3) is 0 Å². The summed E-state index contributed by atoms with van der Waals surface area (Å²) >= 11 is 4.47. The highest BCUT2D eigenvalue weighted by atomic mass is 32.1. The molecular weight excluding hydrogens is 146 g/mol. The van der Waals surface area contributed by atoms with Gasteiger partial charge in [0, 0.05) is 6.61 Å². The summed E-state index contributed by atoms with van der Waals surface area (Å²) in [5.41, 5.74) is 0. The molecule has 0 N–H and O–H groups in total. The summed E-state index contributed by atoms with van der Waals surface area (Å²) in [5, 5.41) is 2.39. The maximum atomic E-state index is 5.33. The van der Waals surface area contributed by atoms with Crippen LogP contribution in [0, 0.1) is 0 Å². The molecule has 0 aliphatic heterocycles. The first kappa shape index (κ1) is 7.86. The molecule has 0 spiro atoms. The van der Waals surface area contributed by atoms with Crippen molar-refractivity contribution in [3.05, 3.63) is 0 Å². The normalized spacial score (nSPS) is 30.5. The fraction of sp³-hybridized carbons (Fsp3) is 0.857. The lowest BCUT2D eigenvalue weighted by Gasteiger charge is -2.30. The Morgan fingerprint density at radius 2 is 2.40 bits per heavy atom. The third kappa shape index (κ3) is 1.87. The number of hydrogen-bond acceptors (Lipinski definition) is 3. The molecule has 0 aromatic carbocycles. The van der Waals surface area contributed by atoms with Crippen LogP contribution in [0.3, 0.4) is 0 Å². The molecule has 0 aromatic heterocycles. The van der Waals surface area contributed by atoms with E-state index in [1.165, 1.54) is 0 Å². The molecule has 56 valence electrons. The highest BCUT2D eigenvalue weighted by Crippen LogP contribution is 2.25. The molecule has 1 saturated carbocycles. The molecule has 0 bridgehead atoms. The van der Waals surface area contributed by atoms with Crippen LogP contribution < -0.4 is 0 Å². The van der Waals surface area contributed by atoms with Crippen LogP contribution in [-0.2, 0) is 4.74 Å². The smallest absolute Gasteiger partial charge is 0.0652 e. The van der Waals surface area contributed by atoms with Gasteiger partial charge in [0.1, 0.15) is 0 Å². The molecule has 3 heteroatoms. The van der Waals surface area contributed by atoms with Gasteiger partial charge in [0.2, 0.25) is 0 Å². The molecule has 0 saturated heterocycles. The first-order valence-corrected chi connectivity index (χ1v) is 3.96. The van der Waals surface area contributed by atoms with Gasteiger partial charge in [-0.05, 0) is 32.0 Å². The van der Waals surface area contributed by atoms with E-state index in [1.807, 2.05) is 6.92 Å². The first-order valence-electron chi connectivity index (χ1n) is 3.55. The summed E-state index contributed by atoms with van der Waals surface area (Å²) in [5.74, 6) is 0. The molecule has 1 fully saturated rings. The average Bonchev–Trinajstić information content (AvgIpc) is 1.84. The van der Waals surface area contributed by atoms with E-state index in [0.717, 1.165) is 19.4 Å². The molecule has 1 aliphatic rings. The van der Waals surface area contributed by atoms with Gasteiger partial charge >= 0.3 is 0 Å². The minimum Gasteiger partial charge on any atom is -0.378 e. The fourth-order valence-electron chi connectivity index (χ4n) is 1.09. The predicted octanol–water partition coefficient (Wildman–Crippen LogP) is 1.66. The number of aliphatic imine (C=N–C) groups is 1. The monoisotopic (exact) mass is 157 g/mol. The van der Waals surface area contributed by atoms with Gasteiger partial charge in [-0.15, -0.1) is 0 Å². The summed E-state index contributed by atoms with van der Waals surface area (Å²) < 4.78 is 5.33. The zero-order valence-corrected chi connectivity index (χ0v) is 6.86. The van der Waals surface area contributed by atoms with E-state index in [9.17, 15) is 0 Å². The van der Waals surface area contributed by atoms with Gasteiger partial charge < -0.3 is 4.74 Å². The van der Waals surface area contributed by atoms with Crippen molar-refractivity contribution in [3.8, 4) is 0 Å². The second kappa shape index (κ2) is 3.81. The fourth-order valence-corrected chi connectivity index (χ4v) is 1.24. The Morgan fingerprint density at radius 3 is 2.90 bits per heavy atom. The Morgan fingerprint density at radius 1 is 1.70 bits per heavy atom. The van der Waals surface area contributed by atoms with Crippen molar-refractivity contribution in [2.24, 2.45) is 4.99 Å². The summed E-state index contributed by atoms with van der Waals surface area (Å²) in [6, 6.07) is 0.397. The third-order valence-electron chi connectivity index (χ3n) is 1.71. The number of thiocarbonyl (C=S) groups is 1. The van der Waals surface area contributed by atoms with Crippen LogP contribution in [0.4, 0.5) is 0 Å². The van der Waals surface area contributed by atoms with Crippen molar-refractivity contribution < 1.29 is 4.74 Å². The van der Waals surface area contributed by atoms with Gasteiger partial charge in [0.15, 0.2) is 0 Å². The van der Waals surface area contributed by atoms with Crippen molar-refractivity contribution in [2.45, 2.75) is 31.9 Å². The van der Waals surface area contributed by atoms with Crippen LogP contribution in [0.1, 0.15) is 19.8 Å². The SMILES string of the molecule is CCOC1CC(N=C=S)C1. The Balaban J connectivity index is 2.11. The molecule has 1 aliphatic carbocycles. The molecular formula is C7H11NOS. The highest BCUT2D eigenvalue weighted by molar-refractivity contribution is 7.78. The minimum atomic E-state index is 0.397. The van der Waals surface area contributed by atoms with Crippen LogP contribution >= 0.6 is 12.2 Å². The highest BCUT2D eigenvalue weighted by Gasteiger charge is 2.28. The topological polar surface area (TPSA) is 21.6 Å². The maximum Gasteiger partial charge on any atom is 0.0652 e. The second-order valence-corrected chi connectivity index (χ2v) is 2.61. The van der Waals surface area contributed by atoms with Crippen molar-refractivity contribution in [3.63, 3.8) is 0 Å². The summed E-state index contributed by atoms with van der Waals surface area (Å²) in [6.45, 7) is 2.81. The van der Waals surface area contributed by atoms with Gasteiger partial charge in [-0.3, -0.25) is 0 Å². The van der Waals surface area contributed by atoms with Crippen LogP contribution in [-0.4, -0.2) is 23.9 Å². The van der Waals surface area contributed by atoms with E-state index in [-0.39, 0.29) is 0 Å². The van der Waals surface area contributed by atoms with Gasteiger partial charge in [0.05, 0.1) is 17.3 Å². The number of hydrogen-bond donors (Lipinski definition) is 0. The quantitative estimate of drug-likeness (QED) is 0.459. The first-order chi connectivity index (χ1) is 4.86. The molecule has 2 nitrogen and oxygen atoms in total.